The molecule has 4 heteroatoms. The van der Waals surface area contributed by atoms with E-state index in [1.165, 1.54) is 0 Å². The van der Waals surface area contributed by atoms with Gasteiger partial charge in [-0.05, 0) is 0 Å². The first kappa shape index (κ1) is 8.04. The highest BCUT2D eigenvalue weighted by Crippen LogP contribution is 2.25. The molecule has 4 nitrogen and oxygen atoms in total. The van der Waals surface area contributed by atoms with Crippen LogP contribution in [0.5, 0.6) is 0 Å². The Kier molecular flexibility index (Phi) is 1.62. The van der Waals surface area contributed by atoms with Gasteiger partial charge in [0.15, 0.2) is 6.10 Å². The molecular formula is C7H12N2O2. The summed E-state index contributed by atoms with van der Waals surface area (Å²) in [6.07, 6.45) is -0.947. The van der Waals surface area contributed by atoms with E-state index >= 15 is 0 Å². The van der Waals surface area contributed by atoms with E-state index in [1.807, 2.05) is 20.8 Å². The van der Waals surface area contributed by atoms with E-state index in [9.17, 15) is 4.79 Å². The number of carbonyl (C=O) groups excluding carboxylic acids is 1. The van der Waals surface area contributed by atoms with Gasteiger partial charge < -0.3 is 10.5 Å². The van der Waals surface area contributed by atoms with Gasteiger partial charge in [0, 0.05) is 5.41 Å². The van der Waals surface area contributed by atoms with Gasteiger partial charge in [0.25, 0.3) is 0 Å². The van der Waals surface area contributed by atoms with Crippen LogP contribution in [0, 0.1) is 5.41 Å². The number of nitrogens with two attached hydrogens (primary N) is 1. The van der Waals surface area contributed by atoms with Crippen molar-refractivity contribution < 1.29 is 9.53 Å². The second kappa shape index (κ2) is 2.22. The molecule has 0 saturated carbocycles. The molecule has 0 spiro atoms. The fourth-order valence-electron chi connectivity index (χ4n) is 0.972. The van der Waals surface area contributed by atoms with Crippen molar-refractivity contribution in [3.05, 3.63) is 0 Å². The van der Waals surface area contributed by atoms with Crippen LogP contribution in [-0.2, 0) is 4.74 Å². The standard InChI is InChI=1S/C7H12N2O2/c1-7(2,3)4-5(8)9-6(10)11-4/h4H,1-3H3,(H2,8,9,10). The van der Waals surface area contributed by atoms with Gasteiger partial charge in [0.05, 0.1) is 0 Å². The number of aliphatic imine (C=N–C) groups is 1. The highest BCUT2D eigenvalue weighted by molar-refractivity contribution is 5.99. The molecule has 0 saturated heterocycles. The molecule has 1 amide bonds. The second-order valence-corrected chi connectivity index (χ2v) is 3.67. The number of carbonyl (C=O) groups is 1. The van der Waals surface area contributed by atoms with E-state index in [0.29, 0.717) is 0 Å². The summed E-state index contributed by atoms with van der Waals surface area (Å²) in [7, 11) is 0. The SMILES string of the molecule is CC(C)(C)C1OC(=O)N=C1N. The Labute approximate surface area is 65.4 Å². The van der Waals surface area contributed by atoms with Crippen LogP contribution in [-0.4, -0.2) is 18.0 Å². The quantitative estimate of drug-likeness (QED) is 0.567. The Morgan fingerprint density at radius 2 is 2.09 bits per heavy atom. The number of hydrogen-bond acceptors (Lipinski definition) is 3. The molecule has 1 aliphatic heterocycles. The van der Waals surface area contributed by atoms with Crippen LogP contribution in [0.25, 0.3) is 0 Å². The normalized spacial score (nSPS) is 24.8. The maximum absolute atomic E-state index is 10.6. The predicted octanol–water partition coefficient (Wildman–Crippen LogP) is 0.909. The number of ether oxygens (including phenoxy) is 1. The predicted molar refractivity (Wildman–Crippen MR) is 41.3 cm³/mol. The van der Waals surface area contributed by atoms with Crippen LogP contribution in [0.4, 0.5) is 4.79 Å². The van der Waals surface area contributed by atoms with Crippen molar-refractivity contribution in [3.63, 3.8) is 0 Å². The Morgan fingerprint density at radius 1 is 1.55 bits per heavy atom. The molecule has 1 heterocycles. The second-order valence-electron chi connectivity index (χ2n) is 3.67. The highest BCUT2D eigenvalue weighted by Gasteiger charge is 2.36. The summed E-state index contributed by atoms with van der Waals surface area (Å²) in [5, 5.41) is 0. The smallest absolute Gasteiger partial charge is 0.436 e. The van der Waals surface area contributed by atoms with Crippen molar-refractivity contribution in [2.45, 2.75) is 26.9 Å². The molecular weight excluding hydrogens is 144 g/mol. The van der Waals surface area contributed by atoms with Crippen LogP contribution < -0.4 is 5.73 Å². The molecule has 0 fully saturated rings. The number of nitrogens with zero attached hydrogens (tertiary/aromatic N) is 1. The summed E-state index contributed by atoms with van der Waals surface area (Å²) >= 11 is 0. The molecule has 1 rings (SSSR count). The monoisotopic (exact) mass is 156 g/mol. The average molecular weight is 156 g/mol. The lowest BCUT2D eigenvalue weighted by molar-refractivity contribution is 0.0915. The summed E-state index contributed by atoms with van der Waals surface area (Å²) < 4.78 is 4.87. The maximum Gasteiger partial charge on any atom is 0.436 e. The Hall–Kier alpha value is -1.06. The summed E-state index contributed by atoms with van der Waals surface area (Å²) in [6, 6.07) is 0. The van der Waals surface area contributed by atoms with Crippen molar-refractivity contribution in [1.29, 1.82) is 0 Å². The van der Waals surface area contributed by atoms with Crippen molar-refractivity contribution in [1.82, 2.24) is 0 Å². The van der Waals surface area contributed by atoms with E-state index in [-0.39, 0.29) is 17.4 Å². The lowest BCUT2D eigenvalue weighted by Crippen LogP contribution is -2.38. The van der Waals surface area contributed by atoms with Crippen LogP contribution >= 0.6 is 0 Å². The molecule has 0 aromatic carbocycles. The van der Waals surface area contributed by atoms with E-state index < -0.39 is 6.09 Å². The van der Waals surface area contributed by atoms with Crippen LogP contribution in [0.15, 0.2) is 4.99 Å². The van der Waals surface area contributed by atoms with Crippen molar-refractivity contribution in [2.24, 2.45) is 16.1 Å². The molecule has 0 radical (unpaired) electrons. The summed E-state index contributed by atoms with van der Waals surface area (Å²) in [6.45, 7) is 5.83. The summed E-state index contributed by atoms with van der Waals surface area (Å²) in [5.74, 6) is 0.280. The topological polar surface area (TPSA) is 64.7 Å². The zero-order chi connectivity index (χ0) is 8.65. The first-order valence-electron chi connectivity index (χ1n) is 3.46. The van der Waals surface area contributed by atoms with Crippen LogP contribution in [0.2, 0.25) is 0 Å². The molecule has 0 aromatic rings. The van der Waals surface area contributed by atoms with Gasteiger partial charge in [-0.3, -0.25) is 0 Å². The number of hydrogen-bond donors (Lipinski definition) is 1. The molecule has 0 bridgehead atoms. The average Bonchev–Trinajstić information content (AvgIpc) is 2.08. The van der Waals surface area contributed by atoms with Gasteiger partial charge in [0.1, 0.15) is 5.84 Å². The van der Waals surface area contributed by atoms with E-state index in [2.05, 4.69) is 4.99 Å². The largest absolute Gasteiger partial charge is 0.436 e. The van der Waals surface area contributed by atoms with Crippen LogP contribution in [0.3, 0.4) is 0 Å². The molecule has 0 aromatic heterocycles. The zero-order valence-corrected chi connectivity index (χ0v) is 6.92. The van der Waals surface area contributed by atoms with Gasteiger partial charge in [-0.25, -0.2) is 4.79 Å². The minimum atomic E-state index is -0.581. The van der Waals surface area contributed by atoms with Crippen LogP contribution in [0.1, 0.15) is 20.8 Å². The number of amidine groups is 1. The highest BCUT2D eigenvalue weighted by atomic mass is 16.6. The van der Waals surface area contributed by atoms with Gasteiger partial charge >= 0.3 is 6.09 Å². The van der Waals surface area contributed by atoms with Gasteiger partial charge in [0.2, 0.25) is 0 Å². The van der Waals surface area contributed by atoms with E-state index in [0.717, 1.165) is 0 Å². The minimum absolute atomic E-state index is 0.167. The lowest BCUT2D eigenvalue weighted by Gasteiger charge is -2.24. The summed E-state index contributed by atoms with van der Waals surface area (Å²) in [5.41, 5.74) is 5.29. The Balaban J connectivity index is 2.80. The zero-order valence-electron chi connectivity index (χ0n) is 6.92. The first-order chi connectivity index (χ1) is 4.91. The van der Waals surface area contributed by atoms with Gasteiger partial charge in [-0.2, -0.15) is 4.99 Å². The van der Waals surface area contributed by atoms with E-state index in [1.54, 1.807) is 0 Å². The van der Waals surface area contributed by atoms with Crippen molar-refractivity contribution in [2.75, 3.05) is 0 Å². The first-order valence-corrected chi connectivity index (χ1v) is 3.46. The number of amides is 1. The van der Waals surface area contributed by atoms with Gasteiger partial charge in [-0.1, -0.05) is 20.8 Å². The lowest BCUT2D eigenvalue weighted by atomic mass is 9.89. The van der Waals surface area contributed by atoms with Crippen molar-refractivity contribution >= 4 is 11.9 Å². The molecule has 2 N–H and O–H groups in total. The third-order valence-corrected chi connectivity index (χ3v) is 1.49. The number of cyclic esters (lactones) is 1. The Bertz CT molecular complexity index is 215. The third kappa shape index (κ3) is 1.50. The molecule has 0 aliphatic carbocycles. The van der Waals surface area contributed by atoms with E-state index in [4.69, 9.17) is 10.5 Å². The van der Waals surface area contributed by atoms with Gasteiger partial charge in [-0.15, -0.1) is 0 Å². The molecule has 62 valence electrons. The number of rotatable bonds is 0. The molecule has 11 heavy (non-hydrogen) atoms. The fourth-order valence-corrected chi connectivity index (χ4v) is 0.972. The Morgan fingerprint density at radius 3 is 2.27 bits per heavy atom. The molecule has 1 aliphatic rings. The fraction of sp³-hybridized carbons (Fsp3) is 0.714. The van der Waals surface area contributed by atoms with Crippen molar-refractivity contribution in [3.8, 4) is 0 Å². The third-order valence-electron chi connectivity index (χ3n) is 1.49. The maximum atomic E-state index is 10.6. The molecule has 1 atom stereocenters. The minimum Gasteiger partial charge on any atom is -0.436 e. The summed E-state index contributed by atoms with van der Waals surface area (Å²) in [4.78, 5) is 14.1. The molecule has 1 unspecified atom stereocenters.